The van der Waals surface area contributed by atoms with Gasteiger partial charge in [0.25, 0.3) is 10.1 Å². The molecule has 0 aromatic rings. The molecule has 0 amide bonds. The molecule has 90 valence electrons. The zero-order valence-electron chi connectivity index (χ0n) is 9.47. The lowest BCUT2D eigenvalue weighted by molar-refractivity contribution is 0.0505. The van der Waals surface area contributed by atoms with Gasteiger partial charge in [-0.1, -0.05) is 13.8 Å². The largest absolute Gasteiger partial charge is 0.391 e. The maximum absolute atomic E-state index is 11.2. The Balaban J connectivity index is 2.85. The van der Waals surface area contributed by atoms with E-state index in [-0.39, 0.29) is 0 Å². The van der Waals surface area contributed by atoms with Crippen molar-refractivity contribution in [3.63, 3.8) is 0 Å². The summed E-state index contributed by atoms with van der Waals surface area (Å²) < 4.78 is 30.1. The lowest BCUT2D eigenvalue weighted by Crippen LogP contribution is -2.50. The van der Waals surface area contributed by atoms with Crippen molar-refractivity contribution < 1.29 is 18.1 Å². The number of aliphatic hydroxyl groups excluding tert-OH is 1. The van der Waals surface area contributed by atoms with Crippen molar-refractivity contribution >= 4 is 10.1 Å². The quantitative estimate of drug-likeness (QED) is 0.712. The third-order valence-electron chi connectivity index (χ3n) is 3.77. The summed E-state index contributed by atoms with van der Waals surface area (Å²) in [6, 6.07) is 0. The minimum absolute atomic E-state index is 0.329. The molecule has 1 saturated carbocycles. The highest BCUT2D eigenvalue weighted by molar-refractivity contribution is 7.87. The molecule has 15 heavy (non-hydrogen) atoms. The molecule has 3 atom stereocenters. The molecule has 5 heteroatoms. The highest BCUT2D eigenvalue weighted by Crippen LogP contribution is 2.39. The normalized spacial score (nSPS) is 38.3. The van der Waals surface area contributed by atoms with Crippen molar-refractivity contribution in [1.82, 2.24) is 0 Å². The molecule has 1 aliphatic carbocycles. The molecule has 4 nitrogen and oxygen atoms in total. The van der Waals surface area contributed by atoms with Crippen molar-refractivity contribution in [2.45, 2.75) is 50.9 Å². The first-order valence-corrected chi connectivity index (χ1v) is 6.77. The Morgan fingerprint density at radius 2 is 1.93 bits per heavy atom. The van der Waals surface area contributed by atoms with Gasteiger partial charge in [-0.05, 0) is 38.0 Å². The summed E-state index contributed by atoms with van der Waals surface area (Å²) in [7, 11) is -4.17. The molecule has 0 aliphatic heterocycles. The van der Waals surface area contributed by atoms with Crippen LogP contribution in [-0.2, 0) is 10.1 Å². The highest BCUT2D eigenvalue weighted by Gasteiger charge is 2.48. The van der Waals surface area contributed by atoms with Gasteiger partial charge in [0.2, 0.25) is 0 Å². The Morgan fingerprint density at radius 3 is 2.27 bits per heavy atom. The molecule has 1 rings (SSSR count). The first-order chi connectivity index (χ1) is 6.68. The first kappa shape index (κ1) is 12.9. The molecule has 1 fully saturated rings. The lowest BCUT2D eigenvalue weighted by atomic mass is 9.75. The number of hydrogen-bond donors (Lipinski definition) is 2. The number of rotatable bonds is 2. The third kappa shape index (κ3) is 2.34. The second-order valence-corrected chi connectivity index (χ2v) is 6.96. The Labute approximate surface area is 91.4 Å². The van der Waals surface area contributed by atoms with Gasteiger partial charge in [0.1, 0.15) is 4.75 Å². The molecule has 0 saturated heterocycles. The van der Waals surface area contributed by atoms with Gasteiger partial charge in [0.15, 0.2) is 0 Å². The summed E-state index contributed by atoms with van der Waals surface area (Å²) in [5.41, 5.74) is 0. The summed E-state index contributed by atoms with van der Waals surface area (Å²) in [6.07, 6.45) is 0.558. The zero-order chi connectivity index (χ0) is 11.9. The fraction of sp³-hybridized carbons (Fsp3) is 1.00. The van der Waals surface area contributed by atoms with Gasteiger partial charge in [-0.2, -0.15) is 8.42 Å². The monoisotopic (exact) mass is 236 g/mol. The molecule has 0 spiro atoms. The van der Waals surface area contributed by atoms with Crippen molar-refractivity contribution in [3.05, 3.63) is 0 Å². The van der Waals surface area contributed by atoms with Gasteiger partial charge in [-0.15, -0.1) is 0 Å². The van der Waals surface area contributed by atoms with Crippen molar-refractivity contribution in [2.24, 2.45) is 11.8 Å². The Bertz CT molecular complexity index is 322. The molecular formula is C10H20O4S. The molecule has 0 aromatic heterocycles. The van der Waals surface area contributed by atoms with Crippen LogP contribution >= 0.6 is 0 Å². The Kier molecular flexibility index (Phi) is 3.48. The maximum atomic E-state index is 11.2. The topological polar surface area (TPSA) is 74.6 Å². The molecule has 0 aromatic carbocycles. The summed E-state index contributed by atoms with van der Waals surface area (Å²) in [5.74, 6) is 0.778. The standard InChI is InChI=1S/C10H20O4S/c1-7(2)8-4-5-10(3,9(11)6-8)15(12,13)14/h7-9,11H,4-6H2,1-3H3,(H,12,13,14)/t8-,9+,10?/m1/s1. The average molecular weight is 236 g/mol. The van der Waals surface area contributed by atoms with Gasteiger partial charge < -0.3 is 5.11 Å². The van der Waals surface area contributed by atoms with E-state index >= 15 is 0 Å². The first-order valence-electron chi connectivity index (χ1n) is 5.33. The molecule has 0 heterocycles. The average Bonchev–Trinajstić information content (AvgIpc) is 2.07. The minimum Gasteiger partial charge on any atom is -0.391 e. The van der Waals surface area contributed by atoms with Crippen LogP contribution in [0.15, 0.2) is 0 Å². The summed E-state index contributed by atoms with van der Waals surface area (Å²) in [6.45, 7) is 5.55. The fourth-order valence-electron chi connectivity index (χ4n) is 2.20. The third-order valence-corrected chi connectivity index (χ3v) is 5.43. The Morgan fingerprint density at radius 1 is 1.40 bits per heavy atom. The molecule has 0 radical (unpaired) electrons. The Hall–Kier alpha value is -0.130. The second-order valence-electron chi connectivity index (χ2n) is 5.08. The van der Waals surface area contributed by atoms with E-state index in [9.17, 15) is 13.5 Å². The van der Waals surface area contributed by atoms with Gasteiger partial charge in [-0.3, -0.25) is 4.55 Å². The van der Waals surface area contributed by atoms with Crippen LogP contribution in [0.5, 0.6) is 0 Å². The zero-order valence-corrected chi connectivity index (χ0v) is 10.3. The SMILES string of the molecule is CC(C)[C@@H]1CCC(C)(S(=O)(=O)O)[C@@H](O)C1. The van der Waals surface area contributed by atoms with Crippen LogP contribution in [0.3, 0.4) is 0 Å². The van der Waals surface area contributed by atoms with E-state index in [1.54, 1.807) is 0 Å². The van der Waals surface area contributed by atoms with Crippen molar-refractivity contribution in [2.75, 3.05) is 0 Å². The van der Waals surface area contributed by atoms with E-state index in [1.807, 2.05) is 0 Å². The van der Waals surface area contributed by atoms with E-state index in [2.05, 4.69) is 13.8 Å². The van der Waals surface area contributed by atoms with E-state index in [1.165, 1.54) is 6.92 Å². The molecule has 1 aliphatic rings. The van der Waals surface area contributed by atoms with Crippen LogP contribution in [0.4, 0.5) is 0 Å². The van der Waals surface area contributed by atoms with Gasteiger partial charge in [-0.25, -0.2) is 0 Å². The van der Waals surface area contributed by atoms with Crippen LogP contribution in [0.25, 0.3) is 0 Å². The van der Waals surface area contributed by atoms with Crippen LogP contribution in [0.2, 0.25) is 0 Å². The predicted molar refractivity (Wildman–Crippen MR) is 58.1 cm³/mol. The summed E-state index contributed by atoms with van der Waals surface area (Å²) in [5, 5.41) is 9.84. The van der Waals surface area contributed by atoms with Gasteiger partial charge >= 0.3 is 0 Å². The lowest BCUT2D eigenvalue weighted by Gasteiger charge is -2.40. The summed E-state index contributed by atoms with van der Waals surface area (Å²) >= 11 is 0. The van der Waals surface area contributed by atoms with Crippen molar-refractivity contribution in [1.29, 1.82) is 0 Å². The van der Waals surface area contributed by atoms with Crippen molar-refractivity contribution in [3.8, 4) is 0 Å². The smallest absolute Gasteiger partial charge is 0.272 e. The maximum Gasteiger partial charge on any atom is 0.272 e. The van der Waals surface area contributed by atoms with E-state index in [0.29, 0.717) is 24.7 Å². The minimum atomic E-state index is -4.17. The van der Waals surface area contributed by atoms with Crippen LogP contribution < -0.4 is 0 Å². The molecule has 1 unspecified atom stereocenters. The van der Waals surface area contributed by atoms with Crippen LogP contribution in [0.1, 0.15) is 40.0 Å². The molecule has 0 bridgehead atoms. The number of aliphatic hydroxyl groups is 1. The molecular weight excluding hydrogens is 216 g/mol. The van der Waals surface area contributed by atoms with Crippen LogP contribution in [-0.4, -0.2) is 28.9 Å². The highest BCUT2D eigenvalue weighted by atomic mass is 32.2. The fourth-order valence-corrected chi connectivity index (χ4v) is 3.01. The van der Waals surface area contributed by atoms with E-state index < -0.39 is 21.0 Å². The second kappa shape index (κ2) is 4.03. The van der Waals surface area contributed by atoms with E-state index in [4.69, 9.17) is 4.55 Å². The summed E-state index contributed by atoms with van der Waals surface area (Å²) in [4.78, 5) is 0. The number of hydrogen-bond acceptors (Lipinski definition) is 3. The van der Waals surface area contributed by atoms with Crippen LogP contribution in [0, 0.1) is 11.8 Å². The van der Waals surface area contributed by atoms with E-state index in [0.717, 1.165) is 6.42 Å². The van der Waals surface area contributed by atoms with Gasteiger partial charge in [0.05, 0.1) is 6.10 Å². The molecule has 2 N–H and O–H groups in total. The van der Waals surface area contributed by atoms with Gasteiger partial charge in [0, 0.05) is 0 Å². The predicted octanol–water partition coefficient (Wildman–Crippen LogP) is 1.45.